The third-order valence-electron chi connectivity index (χ3n) is 8.19. The SMILES string of the molecule is C=CC(=O)Nc1cc(Nc2ncc(CCP(C)(C)=O)c(-c3cn4c5c(cccc35)CCC4)n2)c(C)cc1N(C)CCN(C)C. The summed E-state index contributed by atoms with van der Waals surface area (Å²) in [5.41, 5.74) is 8.93. The number of hydrogen-bond donors (Lipinski definition) is 2. The number of hydrogen-bond acceptors (Lipinski definition) is 7. The van der Waals surface area contributed by atoms with E-state index < -0.39 is 7.14 Å². The second-order valence-corrected chi connectivity index (χ2v) is 16.1. The van der Waals surface area contributed by atoms with Crippen LogP contribution in [0.2, 0.25) is 0 Å². The summed E-state index contributed by atoms with van der Waals surface area (Å²) in [7, 11) is 3.87. The Labute approximate surface area is 260 Å². The molecule has 0 unspecified atom stereocenters. The average molecular weight is 614 g/mol. The Hall–Kier alpha value is -3.94. The summed E-state index contributed by atoms with van der Waals surface area (Å²) in [5.74, 6) is 0.187. The van der Waals surface area contributed by atoms with E-state index in [2.05, 4.69) is 62.0 Å². The predicted molar refractivity (Wildman–Crippen MR) is 184 cm³/mol. The zero-order chi connectivity index (χ0) is 31.6. The van der Waals surface area contributed by atoms with Crippen LogP contribution in [0.25, 0.3) is 22.2 Å². The Morgan fingerprint density at radius 3 is 2.68 bits per heavy atom. The predicted octanol–water partition coefficient (Wildman–Crippen LogP) is 6.38. The molecule has 2 aromatic carbocycles. The summed E-state index contributed by atoms with van der Waals surface area (Å²) >= 11 is 0. The molecule has 2 N–H and O–H groups in total. The highest BCUT2D eigenvalue weighted by Crippen LogP contribution is 2.40. The fraction of sp³-hybridized carbons (Fsp3) is 0.382. The lowest BCUT2D eigenvalue weighted by Gasteiger charge is -2.25. The Morgan fingerprint density at radius 1 is 1.16 bits per heavy atom. The van der Waals surface area contributed by atoms with E-state index >= 15 is 0 Å². The van der Waals surface area contributed by atoms with Gasteiger partial charge in [0.05, 0.1) is 29.7 Å². The number of likely N-dealkylation sites (N-methyl/N-ethyl adjacent to an activating group) is 2. The van der Waals surface area contributed by atoms with Crippen molar-refractivity contribution >= 4 is 47.0 Å². The highest BCUT2D eigenvalue weighted by atomic mass is 31.2. The molecule has 5 rings (SSSR count). The van der Waals surface area contributed by atoms with Crippen molar-refractivity contribution in [3.8, 4) is 11.3 Å². The van der Waals surface area contributed by atoms with Crippen LogP contribution in [0.5, 0.6) is 0 Å². The Kier molecular flexibility index (Phi) is 9.28. The van der Waals surface area contributed by atoms with Gasteiger partial charge in [-0.05, 0) is 88.5 Å². The first kappa shape index (κ1) is 31.5. The molecule has 1 amide bonds. The number of carbonyl (C=O) groups excluding carboxylic acids is 1. The molecule has 1 aliphatic heterocycles. The summed E-state index contributed by atoms with van der Waals surface area (Å²) in [6.07, 6.45) is 8.77. The maximum absolute atomic E-state index is 12.7. The number of nitrogens with zero attached hydrogens (tertiary/aromatic N) is 5. The van der Waals surface area contributed by atoms with Gasteiger partial charge in [0, 0.05) is 61.9 Å². The van der Waals surface area contributed by atoms with Crippen LogP contribution in [0.3, 0.4) is 0 Å². The first-order chi connectivity index (χ1) is 20.9. The summed E-state index contributed by atoms with van der Waals surface area (Å²) in [4.78, 5) is 26.5. The lowest BCUT2D eigenvalue weighted by Crippen LogP contribution is -2.29. The second-order valence-electron chi connectivity index (χ2n) is 12.5. The normalized spacial score (nSPS) is 12.9. The maximum Gasteiger partial charge on any atom is 0.247 e. The van der Waals surface area contributed by atoms with Gasteiger partial charge in [-0.25, -0.2) is 9.97 Å². The van der Waals surface area contributed by atoms with Crippen molar-refractivity contribution in [2.24, 2.45) is 0 Å². The van der Waals surface area contributed by atoms with Crippen molar-refractivity contribution in [3.63, 3.8) is 0 Å². The van der Waals surface area contributed by atoms with Crippen molar-refractivity contribution in [3.05, 3.63) is 72.1 Å². The summed E-state index contributed by atoms with van der Waals surface area (Å²) in [5, 5.41) is 7.59. The van der Waals surface area contributed by atoms with Crippen LogP contribution in [0, 0.1) is 6.92 Å². The summed E-state index contributed by atoms with van der Waals surface area (Å²) in [6, 6.07) is 10.5. The molecule has 10 heteroatoms. The summed E-state index contributed by atoms with van der Waals surface area (Å²) < 4.78 is 15.0. The molecule has 3 heterocycles. The van der Waals surface area contributed by atoms with Gasteiger partial charge in [0.25, 0.3) is 0 Å². The van der Waals surface area contributed by atoms with Gasteiger partial charge >= 0.3 is 0 Å². The quantitative estimate of drug-likeness (QED) is 0.141. The third-order valence-corrected chi connectivity index (χ3v) is 9.49. The smallest absolute Gasteiger partial charge is 0.247 e. The molecule has 1 aliphatic rings. The summed E-state index contributed by atoms with van der Waals surface area (Å²) in [6.45, 7) is 12.0. The first-order valence-electron chi connectivity index (χ1n) is 15.2. The van der Waals surface area contributed by atoms with Crippen LogP contribution in [0.15, 0.2) is 55.4 Å². The molecule has 9 nitrogen and oxygen atoms in total. The van der Waals surface area contributed by atoms with Crippen LogP contribution in [0.1, 0.15) is 23.1 Å². The molecule has 0 saturated carbocycles. The van der Waals surface area contributed by atoms with Gasteiger partial charge in [-0.1, -0.05) is 24.8 Å². The number of para-hydroxylation sites is 1. The van der Waals surface area contributed by atoms with Gasteiger partial charge in [0.1, 0.15) is 0 Å². The number of aromatic nitrogens is 3. The molecular formula is C34H44N7O2P. The monoisotopic (exact) mass is 613 g/mol. The third kappa shape index (κ3) is 7.06. The van der Waals surface area contributed by atoms with Gasteiger partial charge in [-0.3, -0.25) is 4.79 Å². The zero-order valence-corrected chi connectivity index (χ0v) is 27.7. The number of nitrogens with one attached hydrogen (secondary N) is 2. The molecular weight excluding hydrogens is 569 g/mol. The minimum Gasteiger partial charge on any atom is -0.372 e. The Bertz CT molecular complexity index is 1750. The molecule has 0 radical (unpaired) electrons. The van der Waals surface area contributed by atoms with E-state index in [0.717, 1.165) is 66.2 Å². The van der Waals surface area contributed by atoms with E-state index in [4.69, 9.17) is 9.97 Å². The van der Waals surface area contributed by atoms with E-state index in [1.807, 2.05) is 53.7 Å². The highest BCUT2D eigenvalue weighted by Gasteiger charge is 2.22. The minimum absolute atomic E-state index is 0.276. The lowest BCUT2D eigenvalue weighted by molar-refractivity contribution is -0.111. The zero-order valence-electron chi connectivity index (χ0n) is 26.8. The van der Waals surface area contributed by atoms with Gasteiger partial charge < -0.3 is 29.6 Å². The van der Waals surface area contributed by atoms with E-state index in [1.54, 1.807) is 0 Å². The molecule has 44 heavy (non-hydrogen) atoms. The van der Waals surface area contributed by atoms with Crippen molar-refractivity contribution < 1.29 is 9.36 Å². The molecule has 0 saturated heterocycles. The molecule has 2 aromatic heterocycles. The highest BCUT2D eigenvalue weighted by molar-refractivity contribution is 7.62. The number of amides is 1. The Balaban J connectivity index is 1.56. The number of benzene rings is 2. The molecule has 0 fully saturated rings. The Morgan fingerprint density at radius 2 is 1.95 bits per heavy atom. The maximum atomic E-state index is 12.7. The van der Waals surface area contributed by atoms with Crippen molar-refractivity contribution in [2.75, 3.05) is 69.3 Å². The number of aryl methyl sites for hydroxylation is 4. The standard InChI is InChI=1S/C34H44N7O2P/c1-8-31(42)36-29-20-28(23(2)19-30(29)40(5)17-16-39(3)4)37-34-35-21-25(14-18-44(6,7)43)32(38-34)27-22-41-15-10-12-24-11-9-13-26(27)33(24)41/h8-9,11,13,19-22H,1,10,12,14-18H2,2-7H3,(H,36,42)(H,35,37,38). The van der Waals surface area contributed by atoms with Gasteiger partial charge in [0.15, 0.2) is 0 Å². The molecule has 0 atom stereocenters. The van der Waals surface area contributed by atoms with Crippen molar-refractivity contribution in [2.45, 2.75) is 32.7 Å². The van der Waals surface area contributed by atoms with Crippen LogP contribution >= 0.6 is 7.14 Å². The molecule has 4 aromatic rings. The fourth-order valence-corrected chi connectivity index (χ4v) is 6.51. The lowest BCUT2D eigenvalue weighted by atomic mass is 10.0. The second kappa shape index (κ2) is 13.0. The van der Waals surface area contributed by atoms with E-state index in [9.17, 15) is 9.36 Å². The van der Waals surface area contributed by atoms with Crippen molar-refractivity contribution in [1.82, 2.24) is 19.4 Å². The van der Waals surface area contributed by atoms with Crippen LogP contribution in [0.4, 0.5) is 23.0 Å². The molecule has 232 valence electrons. The van der Waals surface area contributed by atoms with E-state index in [1.165, 1.54) is 22.5 Å². The average Bonchev–Trinajstić information content (AvgIpc) is 3.36. The van der Waals surface area contributed by atoms with Gasteiger partial charge in [0.2, 0.25) is 11.9 Å². The molecule has 0 spiro atoms. The topological polar surface area (TPSA) is 95.4 Å². The first-order valence-corrected chi connectivity index (χ1v) is 17.9. The number of carbonyl (C=O) groups is 1. The largest absolute Gasteiger partial charge is 0.372 e. The van der Waals surface area contributed by atoms with Crippen molar-refractivity contribution in [1.29, 1.82) is 0 Å². The molecule has 0 bridgehead atoms. The van der Waals surface area contributed by atoms with Crippen LogP contribution < -0.4 is 15.5 Å². The van der Waals surface area contributed by atoms with E-state index in [0.29, 0.717) is 24.2 Å². The minimum atomic E-state index is -2.23. The van der Waals surface area contributed by atoms with E-state index in [-0.39, 0.29) is 5.91 Å². The van der Waals surface area contributed by atoms with Crippen LogP contribution in [-0.4, -0.2) is 79.1 Å². The number of rotatable bonds is 12. The van der Waals surface area contributed by atoms with Gasteiger partial charge in [-0.2, -0.15) is 0 Å². The van der Waals surface area contributed by atoms with Gasteiger partial charge in [-0.15, -0.1) is 0 Å². The fourth-order valence-electron chi connectivity index (χ4n) is 5.74. The molecule has 0 aliphatic carbocycles. The number of anilines is 4. The van der Waals surface area contributed by atoms with Crippen LogP contribution in [-0.2, 0) is 28.7 Å².